The van der Waals surface area contributed by atoms with Gasteiger partial charge in [-0.1, -0.05) is 20.3 Å². The summed E-state index contributed by atoms with van der Waals surface area (Å²) in [5.41, 5.74) is 7.12. The SMILES string of the molecule is CCC1(C)CCN(c2nccnc2CN)CC1. The van der Waals surface area contributed by atoms with Crippen LogP contribution in [0.2, 0.25) is 0 Å². The molecule has 2 N–H and O–H groups in total. The van der Waals surface area contributed by atoms with E-state index >= 15 is 0 Å². The Labute approximate surface area is 103 Å². The topological polar surface area (TPSA) is 55.0 Å². The number of aromatic nitrogens is 2. The van der Waals surface area contributed by atoms with Gasteiger partial charge in [-0.25, -0.2) is 4.98 Å². The van der Waals surface area contributed by atoms with E-state index in [0.717, 1.165) is 24.6 Å². The van der Waals surface area contributed by atoms with Gasteiger partial charge in [-0.15, -0.1) is 0 Å². The van der Waals surface area contributed by atoms with E-state index in [4.69, 9.17) is 5.73 Å². The molecule has 0 bridgehead atoms. The highest BCUT2D eigenvalue weighted by Crippen LogP contribution is 2.35. The van der Waals surface area contributed by atoms with Gasteiger partial charge in [0.25, 0.3) is 0 Å². The number of anilines is 1. The smallest absolute Gasteiger partial charge is 0.151 e. The summed E-state index contributed by atoms with van der Waals surface area (Å²) in [4.78, 5) is 11.1. The molecule has 0 aliphatic carbocycles. The van der Waals surface area contributed by atoms with Crippen molar-refractivity contribution in [2.75, 3.05) is 18.0 Å². The summed E-state index contributed by atoms with van der Waals surface area (Å²) < 4.78 is 0. The van der Waals surface area contributed by atoms with Gasteiger partial charge in [0.15, 0.2) is 5.82 Å². The fourth-order valence-electron chi connectivity index (χ4n) is 2.38. The molecular weight excluding hydrogens is 212 g/mol. The first kappa shape index (κ1) is 12.3. The number of hydrogen-bond acceptors (Lipinski definition) is 4. The predicted octanol–water partition coefficient (Wildman–Crippen LogP) is 1.95. The Hall–Kier alpha value is -1.16. The van der Waals surface area contributed by atoms with Crippen LogP contribution in [-0.2, 0) is 6.54 Å². The van der Waals surface area contributed by atoms with Gasteiger partial charge in [-0.3, -0.25) is 4.98 Å². The average Bonchev–Trinajstić information content (AvgIpc) is 2.40. The summed E-state index contributed by atoms with van der Waals surface area (Å²) >= 11 is 0. The number of piperidine rings is 1. The molecule has 17 heavy (non-hydrogen) atoms. The number of rotatable bonds is 3. The van der Waals surface area contributed by atoms with Crippen LogP contribution in [0.15, 0.2) is 12.4 Å². The van der Waals surface area contributed by atoms with Crippen LogP contribution in [0, 0.1) is 5.41 Å². The van der Waals surface area contributed by atoms with E-state index in [0.29, 0.717) is 12.0 Å². The van der Waals surface area contributed by atoms with E-state index in [1.165, 1.54) is 19.3 Å². The zero-order valence-corrected chi connectivity index (χ0v) is 10.8. The molecule has 94 valence electrons. The van der Waals surface area contributed by atoms with Crippen LogP contribution in [0.5, 0.6) is 0 Å². The lowest BCUT2D eigenvalue weighted by Gasteiger charge is -2.39. The van der Waals surface area contributed by atoms with Crippen LogP contribution in [0.1, 0.15) is 38.8 Å². The number of hydrogen-bond donors (Lipinski definition) is 1. The average molecular weight is 234 g/mol. The minimum Gasteiger partial charge on any atom is -0.355 e. The van der Waals surface area contributed by atoms with E-state index in [9.17, 15) is 0 Å². The van der Waals surface area contributed by atoms with Crippen LogP contribution >= 0.6 is 0 Å². The summed E-state index contributed by atoms with van der Waals surface area (Å²) in [5, 5.41) is 0. The Morgan fingerprint density at radius 2 is 1.94 bits per heavy atom. The van der Waals surface area contributed by atoms with E-state index < -0.39 is 0 Å². The molecule has 4 heteroatoms. The monoisotopic (exact) mass is 234 g/mol. The first-order chi connectivity index (χ1) is 8.18. The van der Waals surface area contributed by atoms with Crippen LogP contribution in [0.3, 0.4) is 0 Å². The van der Waals surface area contributed by atoms with Gasteiger partial charge in [0, 0.05) is 32.0 Å². The maximum absolute atomic E-state index is 5.71. The minimum absolute atomic E-state index is 0.463. The third-order valence-corrected chi connectivity index (χ3v) is 4.07. The molecule has 1 aromatic heterocycles. The fourth-order valence-corrected chi connectivity index (χ4v) is 2.38. The molecule has 0 unspecified atom stereocenters. The molecule has 0 aromatic carbocycles. The van der Waals surface area contributed by atoms with E-state index in [-0.39, 0.29) is 0 Å². The summed E-state index contributed by atoms with van der Waals surface area (Å²) in [6.45, 7) is 7.25. The molecular formula is C13H22N4. The molecule has 4 nitrogen and oxygen atoms in total. The van der Waals surface area contributed by atoms with Gasteiger partial charge in [0.2, 0.25) is 0 Å². The van der Waals surface area contributed by atoms with Crippen molar-refractivity contribution in [1.82, 2.24) is 9.97 Å². The lowest BCUT2D eigenvalue weighted by Crippen LogP contribution is -2.39. The fraction of sp³-hybridized carbons (Fsp3) is 0.692. The summed E-state index contributed by atoms with van der Waals surface area (Å²) in [6, 6.07) is 0. The quantitative estimate of drug-likeness (QED) is 0.868. The van der Waals surface area contributed by atoms with Gasteiger partial charge < -0.3 is 10.6 Å². The van der Waals surface area contributed by atoms with Crippen molar-refractivity contribution in [1.29, 1.82) is 0 Å². The molecule has 2 heterocycles. The van der Waals surface area contributed by atoms with Crippen molar-refractivity contribution in [2.45, 2.75) is 39.7 Å². The Bertz CT molecular complexity index is 369. The molecule has 0 spiro atoms. The molecule has 0 radical (unpaired) electrons. The molecule has 2 rings (SSSR count). The van der Waals surface area contributed by atoms with E-state index in [1.807, 2.05) is 0 Å². The molecule has 1 fully saturated rings. The second-order valence-electron chi connectivity index (χ2n) is 5.18. The highest BCUT2D eigenvalue weighted by molar-refractivity contribution is 5.43. The first-order valence-electron chi connectivity index (χ1n) is 6.43. The van der Waals surface area contributed by atoms with Crippen molar-refractivity contribution in [2.24, 2.45) is 11.1 Å². The third-order valence-electron chi connectivity index (χ3n) is 4.07. The summed E-state index contributed by atoms with van der Waals surface area (Å²) in [5.74, 6) is 0.980. The van der Waals surface area contributed by atoms with Gasteiger partial charge >= 0.3 is 0 Å². The molecule has 1 aliphatic heterocycles. The highest BCUT2D eigenvalue weighted by Gasteiger charge is 2.29. The maximum atomic E-state index is 5.71. The lowest BCUT2D eigenvalue weighted by atomic mass is 9.78. The van der Waals surface area contributed by atoms with Crippen molar-refractivity contribution in [3.8, 4) is 0 Å². The number of nitrogens with two attached hydrogens (primary N) is 1. The van der Waals surface area contributed by atoms with Crippen LogP contribution in [0.4, 0.5) is 5.82 Å². The third kappa shape index (κ3) is 2.57. The molecule has 0 amide bonds. The van der Waals surface area contributed by atoms with Crippen molar-refractivity contribution in [3.63, 3.8) is 0 Å². The van der Waals surface area contributed by atoms with E-state index in [2.05, 4.69) is 28.7 Å². The Morgan fingerprint density at radius 3 is 2.53 bits per heavy atom. The zero-order chi connectivity index (χ0) is 12.3. The van der Waals surface area contributed by atoms with Gasteiger partial charge in [-0.05, 0) is 18.3 Å². The van der Waals surface area contributed by atoms with Crippen molar-refractivity contribution < 1.29 is 0 Å². The lowest BCUT2D eigenvalue weighted by molar-refractivity contribution is 0.237. The van der Waals surface area contributed by atoms with Gasteiger partial charge in [0.1, 0.15) is 0 Å². The Balaban J connectivity index is 2.10. The predicted molar refractivity (Wildman–Crippen MR) is 69.8 cm³/mol. The Morgan fingerprint density at radius 1 is 1.29 bits per heavy atom. The summed E-state index contributed by atoms with van der Waals surface area (Å²) in [6.07, 6.45) is 7.17. The largest absolute Gasteiger partial charge is 0.355 e. The summed E-state index contributed by atoms with van der Waals surface area (Å²) in [7, 11) is 0. The second kappa shape index (κ2) is 5.00. The van der Waals surface area contributed by atoms with Crippen molar-refractivity contribution in [3.05, 3.63) is 18.1 Å². The van der Waals surface area contributed by atoms with Crippen LogP contribution in [-0.4, -0.2) is 23.1 Å². The second-order valence-corrected chi connectivity index (χ2v) is 5.18. The minimum atomic E-state index is 0.463. The maximum Gasteiger partial charge on any atom is 0.151 e. The van der Waals surface area contributed by atoms with Gasteiger partial charge in [0.05, 0.1) is 5.69 Å². The number of nitrogens with zero attached hydrogens (tertiary/aromatic N) is 3. The van der Waals surface area contributed by atoms with Gasteiger partial charge in [-0.2, -0.15) is 0 Å². The van der Waals surface area contributed by atoms with Crippen LogP contribution < -0.4 is 10.6 Å². The normalized spacial score (nSPS) is 19.4. The highest BCUT2D eigenvalue weighted by atomic mass is 15.2. The van der Waals surface area contributed by atoms with Crippen molar-refractivity contribution >= 4 is 5.82 Å². The van der Waals surface area contributed by atoms with E-state index in [1.54, 1.807) is 12.4 Å². The molecule has 0 atom stereocenters. The van der Waals surface area contributed by atoms with Crippen LogP contribution in [0.25, 0.3) is 0 Å². The molecule has 1 aliphatic rings. The standard InChI is InChI=1S/C13H22N4/c1-3-13(2)4-8-17(9-5-13)12-11(10-14)15-6-7-16-12/h6-7H,3-5,8-10,14H2,1-2H3. The first-order valence-corrected chi connectivity index (χ1v) is 6.43. The molecule has 1 aromatic rings. The molecule has 0 saturated carbocycles. The Kier molecular flexibility index (Phi) is 3.62. The molecule has 1 saturated heterocycles. The zero-order valence-electron chi connectivity index (χ0n) is 10.8.